The molecule has 3 N–H and O–H groups in total. The molecule has 3 amide bonds. The molecule has 2 atom stereocenters. The highest BCUT2D eigenvalue weighted by atomic mass is 35.5. The Morgan fingerprint density at radius 3 is 2.34 bits per heavy atom. The summed E-state index contributed by atoms with van der Waals surface area (Å²) >= 11 is 12.6. The van der Waals surface area contributed by atoms with Crippen molar-refractivity contribution in [2.24, 2.45) is 0 Å². The number of hydrogen-bond acceptors (Lipinski definition) is 6. The zero-order valence-corrected chi connectivity index (χ0v) is 26.4. The summed E-state index contributed by atoms with van der Waals surface area (Å²) in [7, 11) is 1.57. The molecule has 2 fully saturated rings. The lowest BCUT2D eigenvalue weighted by molar-refractivity contribution is -0.137. The predicted octanol–water partition coefficient (Wildman–Crippen LogP) is 4.53. The fraction of sp³-hybridized carbons (Fsp3) is 0.533. The van der Waals surface area contributed by atoms with E-state index in [4.69, 9.17) is 27.9 Å². The zero-order chi connectivity index (χ0) is 31.9. The van der Waals surface area contributed by atoms with Gasteiger partial charge in [-0.1, -0.05) is 29.3 Å². The maximum absolute atomic E-state index is 13.5. The number of urea groups is 1. The summed E-state index contributed by atoms with van der Waals surface area (Å²) in [6, 6.07) is 7.75. The van der Waals surface area contributed by atoms with Crippen LogP contribution in [0.4, 0.5) is 23.7 Å². The van der Waals surface area contributed by atoms with E-state index in [-0.39, 0.29) is 30.9 Å². The normalized spacial score (nSPS) is 17.4. The molecule has 44 heavy (non-hydrogen) atoms. The average Bonchev–Trinajstić information content (AvgIpc) is 3.00. The molecule has 0 spiro atoms. The Hall–Kier alpha value is -2.77. The van der Waals surface area contributed by atoms with Crippen molar-refractivity contribution in [1.82, 2.24) is 25.8 Å². The van der Waals surface area contributed by atoms with Crippen LogP contribution >= 0.6 is 23.2 Å². The number of halogens is 5. The third-order valence-corrected chi connectivity index (χ3v) is 8.42. The molecule has 0 aliphatic carbocycles. The van der Waals surface area contributed by atoms with Gasteiger partial charge in [0.2, 0.25) is 5.91 Å². The number of carbonyl (C=O) groups is 2. The number of ether oxygens (including phenoxy) is 1. The van der Waals surface area contributed by atoms with Crippen LogP contribution in [0.15, 0.2) is 36.4 Å². The maximum atomic E-state index is 13.5. The van der Waals surface area contributed by atoms with Crippen LogP contribution in [0.2, 0.25) is 10.0 Å². The average molecular weight is 660 g/mol. The smallest absolute Gasteiger partial charge is 0.383 e. The monoisotopic (exact) mass is 658 g/mol. The van der Waals surface area contributed by atoms with Gasteiger partial charge < -0.3 is 35.4 Å². The number of benzene rings is 2. The number of rotatable bonds is 10. The van der Waals surface area contributed by atoms with Crippen LogP contribution in [0, 0.1) is 0 Å². The van der Waals surface area contributed by atoms with Crippen molar-refractivity contribution in [3.05, 3.63) is 63.1 Å². The molecule has 14 heteroatoms. The number of anilines is 1. The number of nitrogens with zero attached hydrogens (tertiary/aromatic N) is 3. The molecule has 2 heterocycles. The zero-order valence-electron chi connectivity index (χ0n) is 24.9. The summed E-state index contributed by atoms with van der Waals surface area (Å²) in [5.74, 6) is -0.163. The first-order valence-electron chi connectivity index (χ1n) is 14.6. The lowest BCUT2D eigenvalue weighted by Crippen LogP contribution is -2.52. The van der Waals surface area contributed by atoms with Gasteiger partial charge in [-0.15, -0.1) is 0 Å². The number of alkyl halides is 3. The van der Waals surface area contributed by atoms with Crippen molar-refractivity contribution in [1.29, 1.82) is 0 Å². The van der Waals surface area contributed by atoms with Gasteiger partial charge in [-0.3, -0.25) is 4.79 Å². The Bertz CT molecular complexity index is 1290. The summed E-state index contributed by atoms with van der Waals surface area (Å²) in [4.78, 5) is 32.0. The van der Waals surface area contributed by atoms with Crippen molar-refractivity contribution >= 4 is 40.8 Å². The fourth-order valence-corrected chi connectivity index (χ4v) is 5.98. The Balaban J connectivity index is 1.45. The molecule has 0 radical (unpaired) electrons. The van der Waals surface area contributed by atoms with Gasteiger partial charge in [0.05, 0.1) is 24.6 Å². The molecule has 9 nitrogen and oxygen atoms in total. The van der Waals surface area contributed by atoms with E-state index in [2.05, 4.69) is 16.0 Å². The highest BCUT2D eigenvalue weighted by molar-refractivity contribution is 6.35. The molecule has 242 valence electrons. The van der Waals surface area contributed by atoms with E-state index in [0.717, 1.165) is 6.07 Å². The van der Waals surface area contributed by atoms with Crippen molar-refractivity contribution in [2.75, 3.05) is 71.0 Å². The fourth-order valence-electron chi connectivity index (χ4n) is 5.44. The van der Waals surface area contributed by atoms with Crippen LogP contribution in [0.3, 0.4) is 0 Å². The van der Waals surface area contributed by atoms with E-state index in [0.29, 0.717) is 85.8 Å². The minimum Gasteiger partial charge on any atom is -0.383 e. The van der Waals surface area contributed by atoms with Gasteiger partial charge in [0.1, 0.15) is 0 Å². The van der Waals surface area contributed by atoms with Crippen LogP contribution in [0.5, 0.6) is 0 Å². The van der Waals surface area contributed by atoms with E-state index in [1.54, 1.807) is 35.1 Å². The lowest BCUT2D eigenvalue weighted by atomic mass is 10.0. The summed E-state index contributed by atoms with van der Waals surface area (Å²) < 4.78 is 45.7. The SMILES string of the molecule is COCC(C)NCc1cc(C(F)(F)F)ccc1N1CCN(C(=O)CC(NC(=O)N2CCNCC2)c2ccc(Cl)cc2Cl)CC1. The summed E-state index contributed by atoms with van der Waals surface area (Å²) in [5, 5.41) is 10.2. The Labute approximate surface area is 266 Å². The molecule has 2 aliphatic rings. The summed E-state index contributed by atoms with van der Waals surface area (Å²) in [6.07, 6.45) is -4.47. The van der Waals surface area contributed by atoms with Crippen LogP contribution in [0.25, 0.3) is 0 Å². The van der Waals surface area contributed by atoms with E-state index < -0.39 is 17.8 Å². The first kappa shape index (κ1) is 34.1. The molecular formula is C30H39Cl2F3N6O3. The Kier molecular flexibility index (Phi) is 12.0. The van der Waals surface area contributed by atoms with E-state index in [9.17, 15) is 22.8 Å². The molecule has 0 bridgehead atoms. The second-order valence-electron chi connectivity index (χ2n) is 11.1. The number of piperazine rings is 2. The highest BCUT2D eigenvalue weighted by Gasteiger charge is 2.32. The first-order chi connectivity index (χ1) is 21.0. The van der Waals surface area contributed by atoms with Gasteiger partial charge >= 0.3 is 12.2 Å². The largest absolute Gasteiger partial charge is 0.416 e. The van der Waals surface area contributed by atoms with Crippen molar-refractivity contribution in [2.45, 2.75) is 38.1 Å². The van der Waals surface area contributed by atoms with E-state index in [1.807, 2.05) is 11.8 Å². The van der Waals surface area contributed by atoms with Crippen LogP contribution in [-0.2, 0) is 22.3 Å². The molecule has 2 aromatic rings. The molecule has 2 saturated heterocycles. The highest BCUT2D eigenvalue weighted by Crippen LogP contribution is 2.34. The van der Waals surface area contributed by atoms with Crippen LogP contribution in [-0.4, -0.2) is 93.9 Å². The number of hydrogen-bond donors (Lipinski definition) is 3. The quantitative estimate of drug-likeness (QED) is 0.348. The van der Waals surface area contributed by atoms with E-state index >= 15 is 0 Å². The number of nitrogens with one attached hydrogen (secondary N) is 3. The third-order valence-electron chi connectivity index (χ3n) is 7.86. The van der Waals surface area contributed by atoms with Gasteiger partial charge in [-0.05, 0) is 48.4 Å². The van der Waals surface area contributed by atoms with Crippen LogP contribution in [0.1, 0.15) is 36.1 Å². The van der Waals surface area contributed by atoms with Gasteiger partial charge in [0, 0.05) is 87.8 Å². The lowest BCUT2D eigenvalue weighted by Gasteiger charge is -2.38. The standard InChI is InChI=1S/C30H39Cl2F3N6O3/c1-20(19-44-2)37-18-21-15-22(30(33,34)35)3-6-27(21)39-11-13-40(14-12-39)28(42)17-26(24-5-4-23(31)16-25(24)32)38-29(43)41-9-7-36-8-10-41/h3-6,15-16,20,26,36-37H,7-14,17-19H2,1-2H3,(H,38,43). The number of carbonyl (C=O) groups excluding carboxylic acids is 2. The third kappa shape index (κ3) is 9.13. The van der Waals surface area contributed by atoms with Gasteiger partial charge in [-0.25, -0.2) is 4.79 Å². The van der Waals surface area contributed by atoms with Gasteiger partial charge in [0.25, 0.3) is 0 Å². The molecule has 2 aromatic carbocycles. The second kappa shape index (κ2) is 15.5. The minimum absolute atomic E-state index is 0.00792. The minimum atomic E-state index is -4.46. The van der Waals surface area contributed by atoms with Gasteiger partial charge in [0.15, 0.2) is 0 Å². The summed E-state index contributed by atoms with van der Waals surface area (Å²) in [6.45, 7) is 6.67. The van der Waals surface area contributed by atoms with Crippen LogP contribution < -0.4 is 20.9 Å². The predicted molar refractivity (Wildman–Crippen MR) is 165 cm³/mol. The molecule has 0 aromatic heterocycles. The van der Waals surface area contributed by atoms with E-state index in [1.165, 1.54) is 12.1 Å². The molecule has 0 saturated carbocycles. The Morgan fingerprint density at radius 2 is 1.70 bits per heavy atom. The molecule has 2 aliphatic heterocycles. The van der Waals surface area contributed by atoms with Crippen molar-refractivity contribution < 1.29 is 27.5 Å². The summed E-state index contributed by atoms with van der Waals surface area (Å²) in [5.41, 5.74) is 1.10. The first-order valence-corrected chi connectivity index (χ1v) is 15.4. The Morgan fingerprint density at radius 1 is 1.00 bits per heavy atom. The topological polar surface area (TPSA) is 89.2 Å². The van der Waals surface area contributed by atoms with Crippen molar-refractivity contribution in [3.63, 3.8) is 0 Å². The molecule has 2 unspecified atom stereocenters. The molecular weight excluding hydrogens is 620 g/mol. The number of amides is 3. The van der Waals surface area contributed by atoms with Gasteiger partial charge in [-0.2, -0.15) is 13.2 Å². The molecule has 4 rings (SSSR count). The van der Waals surface area contributed by atoms with Crippen molar-refractivity contribution in [3.8, 4) is 0 Å². The second-order valence-corrected chi connectivity index (χ2v) is 11.9. The number of methoxy groups -OCH3 is 1. The maximum Gasteiger partial charge on any atom is 0.416 e.